The fourth-order valence-corrected chi connectivity index (χ4v) is 2.97. The van der Waals surface area contributed by atoms with Crippen LogP contribution < -0.4 is 10.2 Å². The van der Waals surface area contributed by atoms with Gasteiger partial charge in [0.05, 0.1) is 11.4 Å². The standard InChI is InChI=1S/C17H22N6/c1-12(16-9-18-6-7-19-16)20-8-13-10-23(11-13)17-5-4-15(21-22-17)14-2-3-14/h4-7,9,12-14,20H,2-3,8,10-11H2,1H3. The van der Waals surface area contributed by atoms with E-state index in [0.717, 1.165) is 36.8 Å². The summed E-state index contributed by atoms with van der Waals surface area (Å²) >= 11 is 0. The highest BCUT2D eigenvalue weighted by Crippen LogP contribution is 2.38. The summed E-state index contributed by atoms with van der Waals surface area (Å²) in [6.45, 7) is 5.19. The molecule has 1 N–H and O–H groups in total. The van der Waals surface area contributed by atoms with Crippen molar-refractivity contribution in [3.8, 4) is 0 Å². The molecule has 120 valence electrons. The maximum Gasteiger partial charge on any atom is 0.151 e. The molecule has 1 unspecified atom stereocenters. The van der Waals surface area contributed by atoms with Gasteiger partial charge in [0.25, 0.3) is 0 Å². The second kappa shape index (κ2) is 6.20. The minimum absolute atomic E-state index is 0.232. The largest absolute Gasteiger partial charge is 0.354 e. The molecule has 1 aliphatic carbocycles. The second-order valence-corrected chi connectivity index (χ2v) is 6.62. The third-order valence-corrected chi connectivity index (χ3v) is 4.69. The van der Waals surface area contributed by atoms with Crippen LogP contribution in [-0.4, -0.2) is 39.8 Å². The number of hydrogen-bond acceptors (Lipinski definition) is 6. The van der Waals surface area contributed by atoms with Crippen molar-refractivity contribution in [1.82, 2.24) is 25.5 Å². The van der Waals surface area contributed by atoms with Crippen molar-refractivity contribution in [2.75, 3.05) is 24.5 Å². The Hall–Kier alpha value is -2.08. The zero-order valence-electron chi connectivity index (χ0n) is 13.4. The lowest BCUT2D eigenvalue weighted by molar-refractivity contribution is 0.364. The molecule has 0 spiro atoms. The Morgan fingerprint density at radius 3 is 2.74 bits per heavy atom. The lowest BCUT2D eigenvalue weighted by atomic mass is 9.99. The summed E-state index contributed by atoms with van der Waals surface area (Å²) in [5.74, 6) is 2.33. The van der Waals surface area contributed by atoms with E-state index < -0.39 is 0 Å². The highest BCUT2D eigenvalue weighted by molar-refractivity contribution is 5.41. The molecule has 1 saturated carbocycles. The quantitative estimate of drug-likeness (QED) is 0.879. The summed E-state index contributed by atoms with van der Waals surface area (Å²) in [6.07, 6.45) is 7.81. The van der Waals surface area contributed by atoms with Gasteiger partial charge in [0, 0.05) is 56.1 Å². The molecule has 1 aliphatic heterocycles. The van der Waals surface area contributed by atoms with Crippen LogP contribution in [0, 0.1) is 5.92 Å². The predicted octanol–water partition coefficient (Wildman–Crippen LogP) is 1.93. The van der Waals surface area contributed by atoms with Crippen LogP contribution in [-0.2, 0) is 0 Å². The van der Waals surface area contributed by atoms with Crippen molar-refractivity contribution in [2.45, 2.75) is 31.7 Å². The molecule has 2 aromatic heterocycles. The Labute approximate surface area is 136 Å². The summed E-state index contributed by atoms with van der Waals surface area (Å²) in [6, 6.07) is 4.49. The van der Waals surface area contributed by atoms with Crippen LogP contribution in [0.4, 0.5) is 5.82 Å². The molecule has 4 rings (SSSR count). The molecule has 1 saturated heterocycles. The summed E-state index contributed by atoms with van der Waals surface area (Å²) in [4.78, 5) is 10.7. The molecule has 2 aliphatic rings. The Bertz CT molecular complexity index is 634. The molecule has 0 bridgehead atoms. The van der Waals surface area contributed by atoms with Gasteiger partial charge in [-0.1, -0.05) is 0 Å². The van der Waals surface area contributed by atoms with Gasteiger partial charge in [-0.3, -0.25) is 9.97 Å². The van der Waals surface area contributed by atoms with Crippen LogP contribution in [0.1, 0.15) is 43.1 Å². The lowest BCUT2D eigenvalue weighted by Crippen LogP contribution is -2.51. The SMILES string of the molecule is CC(NCC1CN(c2ccc(C3CC3)nn2)C1)c1cnccn1. The van der Waals surface area contributed by atoms with E-state index in [4.69, 9.17) is 0 Å². The van der Waals surface area contributed by atoms with Gasteiger partial charge in [-0.15, -0.1) is 5.10 Å². The van der Waals surface area contributed by atoms with Crippen LogP contribution in [0.25, 0.3) is 0 Å². The van der Waals surface area contributed by atoms with Gasteiger partial charge in [-0.05, 0) is 31.9 Å². The van der Waals surface area contributed by atoms with E-state index in [2.05, 4.69) is 49.4 Å². The van der Waals surface area contributed by atoms with Gasteiger partial charge >= 0.3 is 0 Å². The Morgan fingerprint density at radius 2 is 2.09 bits per heavy atom. The molecule has 2 aromatic rings. The Balaban J connectivity index is 1.23. The van der Waals surface area contributed by atoms with Crippen molar-refractivity contribution in [3.63, 3.8) is 0 Å². The Kier molecular flexibility index (Phi) is 3.91. The first-order valence-electron chi connectivity index (χ1n) is 8.37. The van der Waals surface area contributed by atoms with Crippen LogP contribution in [0.5, 0.6) is 0 Å². The van der Waals surface area contributed by atoms with Gasteiger partial charge in [0.2, 0.25) is 0 Å². The number of nitrogens with zero attached hydrogens (tertiary/aromatic N) is 5. The molecule has 0 radical (unpaired) electrons. The van der Waals surface area contributed by atoms with E-state index in [1.807, 2.05) is 6.20 Å². The zero-order valence-corrected chi connectivity index (χ0v) is 13.4. The third-order valence-electron chi connectivity index (χ3n) is 4.69. The molecule has 6 nitrogen and oxygen atoms in total. The number of hydrogen-bond donors (Lipinski definition) is 1. The maximum atomic E-state index is 4.38. The number of rotatable bonds is 6. The van der Waals surface area contributed by atoms with Gasteiger partial charge in [0.1, 0.15) is 0 Å². The number of nitrogens with one attached hydrogen (secondary N) is 1. The molecule has 23 heavy (non-hydrogen) atoms. The van der Waals surface area contributed by atoms with Gasteiger partial charge < -0.3 is 10.2 Å². The summed E-state index contributed by atoms with van der Waals surface area (Å²) in [5, 5.41) is 12.3. The lowest BCUT2D eigenvalue weighted by Gasteiger charge is -2.40. The van der Waals surface area contributed by atoms with Crippen LogP contribution in [0.15, 0.2) is 30.7 Å². The first-order valence-corrected chi connectivity index (χ1v) is 8.37. The third kappa shape index (κ3) is 3.32. The second-order valence-electron chi connectivity index (χ2n) is 6.62. The van der Waals surface area contributed by atoms with Crippen LogP contribution in [0.3, 0.4) is 0 Å². The number of aromatic nitrogens is 4. The average Bonchev–Trinajstić information content (AvgIpc) is 3.39. The molecule has 2 fully saturated rings. The molecular weight excluding hydrogens is 288 g/mol. The monoisotopic (exact) mass is 310 g/mol. The topological polar surface area (TPSA) is 66.8 Å². The van der Waals surface area contributed by atoms with E-state index in [1.54, 1.807) is 12.4 Å². The minimum Gasteiger partial charge on any atom is -0.354 e. The average molecular weight is 310 g/mol. The summed E-state index contributed by atoms with van der Waals surface area (Å²) in [5.41, 5.74) is 2.15. The van der Waals surface area contributed by atoms with E-state index in [-0.39, 0.29) is 6.04 Å². The van der Waals surface area contributed by atoms with Gasteiger partial charge in [-0.2, -0.15) is 5.10 Å². The molecule has 3 heterocycles. The van der Waals surface area contributed by atoms with Gasteiger partial charge in [0.15, 0.2) is 5.82 Å². The fraction of sp³-hybridized carbons (Fsp3) is 0.529. The molecule has 0 amide bonds. The maximum absolute atomic E-state index is 4.38. The summed E-state index contributed by atoms with van der Waals surface area (Å²) < 4.78 is 0. The smallest absolute Gasteiger partial charge is 0.151 e. The van der Waals surface area contributed by atoms with Crippen molar-refractivity contribution in [3.05, 3.63) is 42.1 Å². The predicted molar refractivity (Wildman–Crippen MR) is 88.2 cm³/mol. The van der Waals surface area contributed by atoms with Gasteiger partial charge in [-0.25, -0.2) is 0 Å². The van der Waals surface area contributed by atoms with Crippen molar-refractivity contribution in [2.24, 2.45) is 5.92 Å². The van der Waals surface area contributed by atoms with Crippen LogP contribution >= 0.6 is 0 Å². The van der Waals surface area contributed by atoms with Crippen molar-refractivity contribution >= 4 is 5.82 Å². The number of anilines is 1. The fourth-order valence-electron chi connectivity index (χ4n) is 2.97. The molecule has 0 aromatic carbocycles. The first-order chi connectivity index (χ1) is 11.3. The normalized spacial score (nSPS) is 19.4. The van der Waals surface area contributed by atoms with E-state index in [0.29, 0.717) is 11.8 Å². The summed E-state index contributed by atoms with van der Waals surface area (Å²) in [7, 11) is 0. The van der Waals surface area contributed by atoms with Crippen molar-refractivity contribution < 1.29 is 0 Å². The van der Waals surface area contributed by atoms with E-state index >= 15 is 0 Å². The van der Waals surface area contributed by atoms with E-state index in [1.165, 1.54) is 12.8 Å². The first kappa shape index (κ1) is 14.5. The molecule has 6 heteroatoms. The van der Waals surface area contributed by atoms with E-state index in [9.17, 15) is 0 Å². The molecular formula is C17H22N6. The van der Waals surface area contributed by atoms with Crippen LogP contribution in [0.2, 0.25) is 0 Å². The highest BCUT2D eigenvalue weighted by Gasteiger charge is 2.29. The minimum atomic E-state index is 0.232. The molecule has 1 atom stereocenters. The zero-order chi connectivity index (χ0) is 15.6. The van der Waals surface area contributed by atoms with Crippen molar-refractivity contribution in [1.29, 1.82) is 0 Å². The Morgan fingerprint density at radius 1 is 1.22 bits per heavy atom. The highest BCUT2D eigenvalue weighted by atomic mass is 15.3.